The zero-order chi connectivity index (χ0) is 9.68. The van der Waals surface area contributed by atoms with Crippen LogP contribution in [0.3, 0.4) is 0 Å². The van der Waals surface area contributed by atoms with Gasteiger partial charge in [-0.3, -0.25) is 4.79 Å². The number of amides is 1. The number of carbonyl (C=O) groups excluding carboxylic acids is 1. The van der Waals surface area contributed by atoms with E-state index >= 15 is 0 Å². The molecule has 0 N–H and O–H groups in total. The Hall–Kier alpha value is -0.770. The Labute approximate surface area is 82.6 Å². The predicted octanol–water partition coefficient (Wildman–Crippen LogP) is 0.337. The Bertz CT molecular complexity index is 232. The van der Waals surface area contributed by atoms with Crippen LogP contribution in [0.1, 0.15) is 6.92 Å². The molecule has 13 heavy (non-hydrogen) atoms. The number of hydrogen-bond acceptors (Lipinski definition) is 4. The molecule has 1 heterocycles. The van der Waals surface area contributed by atoms with Gasteiger partial charge in [0.2, 0.25) is 5.91 Å². The first-order valence-electron chi connectivity index (χ1n) is 4.19. The average molecular weight is 200 g/mol. The first kappa shape index (κ1) is 10.3. The smallest absolute Gasteiger partial charge is 0.248 e. The Morgan fingerprint density at radius 3 is 2.77 bits per heavy atom. The minimum atomic E-state index is -0.407. The lowest BCUT2D eigenvalue weighted by Crippen LogP contribution is -2.44. The Kier molecular flexibility index (Phi) is 4.02. The number of rotatable bonds is 2. The van der Waals surface area contributed by atoms with Crippen molar-refractivity contribution in [2.24, 2.45) is 4.99 Å². The van der Waals surface area contributed by atoms with E-state index in [9.17, 15) is 4.79 Å². The summed E-state index contributed by atoms with van der Waals surface area (Å²) in [5.41, 5.74) is 0. The normalized spacial score (nSPS) is 19.0. The summed E-state index contributed by atoms with van der Waals surface area (Å²) in [6.45, 7) is 4.24. The van der Waals surface area contributed by atoms with Crippen molar-refractivity contribution in [2.45, 2.75) is 13.0 Å². The van der Waals surface area contributed by atoms with Gasteiger partial charge in [-0.1, -0.05) is 0 Å². The van der Waals surface area contributed by atoms with Crippen molar-refractivity contribution < 1.29 is 9.53 Å². The van der Waals surface area contributed by atoms with Crippen LogP contribution in [0, 0.1) is 0 Å². The van der Waals surface area contributed by atoms with Crippen molar-refractivity contribution >= 4 is 23.3 Å². The van der Waals surface area contributed by atoms with Gasteiger partial charge in [-0.2, -0.15) is 0 Å². The van der Waals surface area contributed by atoms with Crippen LogP contribution in [0.25, 0.3) is 0 Å². The second kappa shape index (κ2) is 5.07. The van der Waals surface area contributed by atoms with Gasteiger partial charge in [-0.25, -0.2) is 4.99 Å². The number of hydrogen-bond donors (Lipinski definition) is 0. The maximum atomic E-state index is 11.6. The highest BCUT2D eigenvalue weighted by Crippen LogP contribution is 2.02. The largest absolute Gasteiger partial charge is 0.378 e. The van der Waals surface area contributed by atoms with Crippen molar-refractivity contribution in [1.29, 1.82) is 0 Å². The molecule has 0 aromatic carbocycles. The maximum Gasteiger partial charge on any atom is 0.248 e. The molecule has 1 saturated heterocycles. The van der Waals surface area contributed by atoms with E-state index in [2.05, 4.69) is 22.4 Å². The summed E-state index contributed by atoms with van der Waals surface area (Å²) in [6, 6.07) is -0.407. The van der Waals surface area contributed by atoms with Crippen LogP contribution in [0.4, 0.5) is 0 Å². The first-order chi connectivity index (χ1) is 6.25. The molecule has 0 bridgehead atoms. The van der Waals surface area contributed by atoms with Gasteiger partial charge >= 0.3 is 0 Å². The van der Waals surface area contributed by atoms with Gasteiger partial charge in [0.05, 0.1) is 18.4 Å². The van der Waals surface area contributed by atoms with Gasteiger partial charge in [-0.15, -0.1) is 0 Å². The van der Waals surface area contributed by atoms with Gasteiger partial charge in [-0.05, 0) is 19.1 Å². The molecule has 1 aliphatic heterocycles. The van der Waals surface area contributed by atoms with E-state index < -0.39 is 6.04 Å². The van der Waals surface area contributed by atoms with Crippen LogP contribution in [-0.2, 0) is 9.53 Å². The molecule has 1 rings (SSSR count). The van der Waals surface area contributed by atoms with Gasteiger partial charge in [0, 0.05) is 13.1 Å². The number of morpholine rings is 1. The van der Waals surface area contributed by atoms with Crippen LogP contribution < -0.4 is 0 Å². The lowest BCUT2D eigenvalue weighted by Gasteiger charge is -2.27. The molecular weight excluding hydrogens is 188 g/mol. The number of ether oxygens (including phenoxy) is 1. The Balaban J connectivity index is 2.49. The number of carbonyl (C=O) groups is 1. The molecule has 0 saturated carbocycles. The van der Waals surface area contributed by atoms with E-state index in [1.807, 2.05) is 0 Å². The van der Waals surface area contributed by atoms with Crippen LogP contribution in [0.15, 0.2) is 4.99 Å². The first-order valence-corrected chi connectivity index (χ1v) is 4.60. The van der Waals surface area contributed by atoms with Crippen LogP contribution in [-0.4, -0.2) is 48.3 Å². The quantitative estimate of drug-likeness (QED) is 0.476. The predicted molar refractivity (Wildman–Crippen MR) is 51.9 cm³/mol. The highest BCUT2D eigenvalue weighted by molar-refractivity contribution is 7.78. The third-order valence-electron chi connectivity index (χ3n) is 1.93. The molecule has 1 fully saturated rings. The zero-order valence-corrected chi connectivity index (χ0v) is 8.34. The molecule has 4 nitrogen and oxygen atoms in total. The van der Waals surface area contributed by atoms with Crippen molar-refractivity contribution in [3.05, 3.63) is 0 Å². The summed E-state index contributed by atoms with van der Waals surface area (Å²) >= 11 is 4.44. The zero-order valence-electron chi connectivity index (χ0n) is 7.52. The second-order valence-corrected chi connectivity index (χ2v) is 3.02. The molecule has 5 heteroatoms. The van der Waals surface area contributed by atoms with E-state index in [1.165, 1.54) is 0 Å². The summed E-state index contributed by atoms with van der Waals surface area (Å²) in [6.07, 6.45) is 0. The minimum absolute atomic E-state index is 0.000602. The molecule has 1 amide bonds. The SMILES string of the molecule is CC(N=C=S)C(=O)N1CCOCC1. The summed E-state index contributed by atoms with van der Waals surface area (Å²) in [7, 11) is 0. The van der Waals surface area contributed by atoms with Gasteiger partial charge < -0.3 is 9.64 Å². The van der Waals surface area contributed by atoms with Crippen LogP contribution in [0.5, 0.6) is 0 Å². The van der Waals surface area contributed by atoms with Gasteiger partial charge in [0.15, 0.2) is 0 Å². The number of nitrogens with zero attached hydrogens (tertiary/aromatic N) is 2. The minimum Gasteiger partial charge on any atom is -0.378 e. The van der Waals surface area contributed by atoms with Gasteiger partial charge in [0.1, 0.15) is 6.04 Å². The fraction of sp³-hybridized carbons (Fsp3) is 0.750. The molecule has 0 radical (unpaired) electrons. The van der Waals surface area contributed by atoms with E-state index in [0.29, 0.717) is 26.3 Å². The molecule has 0 spiro atoms. The Morgan fingerprint density at radius 2 is 2.23 bits per heavy atom. The lowest BCUT2D eigenvalue weighted by molar-refractivity contribution is -0.136. The molecule has 0 aliphatic carbocycles. The summed E-state index contributed by atoms with van der Waals surface area (Å²) in [4.78, 5) is 17.1. The molecule has 1 atom stereocenters. The third-order valence-corrected chi connectivity index (χ3v) is 2.03. The van der Waals surface area contributed by atoms with E-state index in [-0.39, 0.29) is 5.91 Å². The van der Waals surface area contributed by atoms with Crippen molar-refractivity contribution in [3.8, 4) is 0 Å². The summed E-state index contributed by atoms with van der Waals surface area (Å²) < 4.78 is 5.13. The summed E-state index contributed by atoms with van der Waals surface area (Å²) in [5.74, 6) is 0.000602. The Morgan fingerprint density at radius 1 is 1.62 bits per heavy atom. The average Bonchev–Trinajstić information content (AvgIpc) is 2.18. The van der Waals surface area contributed by atoms with Crippen LogP contribution >= 0.6 is 12.2 Å². The standard InChI is InChI=1S/C8H12N2O2S/c1-7(9-6-13)8(11)10-2-4-12-5-3-10/h7H,2-5H2,1H3. The fourth-order valence-corrected chi connectivity index (χ4v) is 1.34. The monoisotopic (exact) mass is 200 g/mol. The van der Waals surface area contributed by atoms with Gasteiger partial charge in [0.25, 0.3) is 0 Å². The molecule has 1 unspecified atom stereocenters. The second-order valence-electron chi connectivity index (χ2n) is 2.83. The topological polar surface area (TPSA) is 41.9 Å². The van der Waals surface area contributed by atoms with E-state index in [1.54, 1.807) is 11.8 Å². The number of thiocarbonyl (C=S) groups is 1. The number of aliphatic imine (C=N–C) groups is 1. The molecule has 0 aromatic rings. The van der Waals surface area contributed by atoms with Crippen molar-refractivity contribution in [1.82, 2.24) is 4.90 Å². The summed E-state index contributed by atoms with van der Waals surface area (Å²) in [5, 5.41) is 2.22. The lowest BCUT2D eigenvalue weighted by atomic mass is 10.3. The van der Waals surface area contributed by atoms with E-state index in [4.69, 9.17) is 4.74 Å². The van der Waals surface area contributed by atoms with E-state index in [0.717, 1.165) is 0 Å². The maximum absolute atomic E-state index is 11.6. The number of isothiocyanates is 1. The molecule has 0 aromatic heterocycles. The van der Waals surface area contributed by atoms with Crippen molar-refractivity contribution in [2.75, 3.05) is 26.3 Å². The van der Waals surface area contributed by atoms with Crippen molar-refractivity contribution in [3.63, 3.8) is 0 Å². The fourth-order valence-electron chi connectivity index (χ4n) is 1.18. The highest BCUT2D eigenvalue weighted by atomic mass is 32.1. The highest BCUT2D eigenvalue weighted by Gasteiger charge is 2.21. The molecule has 72 valence electrons. The molecular formula is C8H12N2O2S. The van der Waals surface area contributed by atoms with Crippen LogP contribution in [0.2, 0.25) is 0 Å². The molecule has 1 aliphatic rings. The third kappa shape index (κ3) is 2.88.